The SMILES string of the molecule is Cl.O=C1CCCN(C(=O)[C@H]2NCC[C@@H]2c2ccccc2)CCCNC(=O)c2ccc(F)c(c2)-c2cc(ccc2O)CCN1. The van der Waals surface area contributed by atoms with Crippen LogP contribution in [0.4, 0.5) is 4.39 Å². The maximum atomic E-state index is 14.8. The lowest BCUT2D eigenvalue weighted by Gasteiger charge is -2.29. The summed E-state index contributed by atoms with van der Waals surface area (Å²) in [4.78, 5) is 41.1. The molecule has 4 N–H and O–H groups in total. The van der Waals surface area contributed by atoms with Gasteiger partial charge in [0, 0.05) is 55.2 Å². The molecular formula is C33H38ClFN4O4. The van der Waals surface area contributed by atoms with Crippen LogP contribution in [-0.2, 0) is 16.0 Å². The maximum absolute atomic E-state index is 14.8. The summed E-state index contributed by atoms with van der Waals surface area (Å²) < 4.78 is 14.8. The van der Waals surface area contributed by atoms with E-state index in [1.54, 1.807) is 17.0 Å². The Morgan fingerprint density at radius 3 is 2.47 bits per heavy atom. The quantitative estimate of drug-likeness (QED) is 0.349. The zero-order valence-electron chi connectivity index (χ0n) is 24.0. The van der Waals surface area contributed by atoms with Crippen LogP contribution in [0, 0.1) is 5.82 Å². The van der Waals surface area contributed by atoms with E-state index >= 15 is 0 Å². The number of nitrogens with zero attached hydrogens (tertiary/aromatic N) is 1. The van der Waals surface area contributed by atoms with Crippen LogP contribution in [0.5, 0.6) is 5.75 Å². The van der Waals surface area contributed by atoms with E-state index in [0.29, 0.717) is 45.4 Å². The lowest BCUT2D eigenvalue weighted by atomic mass is 9.91. The molecule has 3 aromatic rings. The van der Waals surface area contributed by atoms with E-state index in [1.807, 2.05) is 18.2 Å². The zero-order chi connectivity index (χ0) is 29.5. The third kappa shape index (κ3) is 7.91. The summed E-state index contributed by atoms with van der Waals surface area (Å²) in [6.07, 6.45) is 2.66. The van der Waals surface area contributed by atoms with Crippen molar-refractivity contribution in [3.63, 3.8) is 0 Å². The molecule has 0 aliphatic carbocycles. The van der Waals surface area contributed by atoms with Gasteiger partial charge in [0.1, 0.15) is 11.6 Å². The Hall–Kier alpha value is -3.95. The minimum atomic E-state index is -0.554. The topological polar surface area (TPSA) is 111 Å². The number of carbonyl (C=O) groups is 3. The summed E-state index contributed by atoms with van der Waals surface area (Å²) in [6.45, 7) is 2.30. The minimum Gasteiger partial charge on any atom is -0.507 e. The second-order valence-electron chi connectivity index (χ2n) is 10.9. The van der Waals surface area contributed by atoms with Gasteiger partial charge in [0.15, 0.2) is 0 Å². The highest BCUT2D eigenvalue weighted by molar-refractivity contribution is 5.95. The third-order valence-corrected chi connectivity index (χ3v) is 8.07. The van der Waals surface area contributed by atoms with E-state index in [0.717, 1.165) is 24.1 Å². The van der Waals surface area contributed by atoms with Crippen molar-refractivity contribution in [3.05, 3.63) is 89.2 Å². The molecule has 3 aromatic carbocycles. The average Bonchev–Trinajstić information content (AvgIpc) is 3.49. The van der Waals surface area contributed by atoms with Gasteiger partial charge in [-0.15, -0.1) is 12.4 Å². The lowest BCUT2D eigenvalue weighted by Crippen LogP contribution is -2.47. The predicted octanol–water partition coefficient (Wildman–Crippen LogP) is 4.17. The largest absolute Gasteiger partial charge is 0.507 e. The van der Waals surface area contributed by atoms with Gasteiger partial charge in [-0.1, -0.05) is 36.4 Å². The Morgan fingerprint density at radius 1 is 0.860 bits per heavy atom. The monoisotopic (exact) mass is 608 g/mol. The van der Waals surface area contributed by atoms with Crippen molar-refractivity contribution in [3.8, 4) is 16.9 Å². The van der Waals surface area contributed by atoms with Gasteiger partial charge in [-0.3, -0.25) is 14.4 Å². The average molecular weight is 609 g/mol. The van der Waals surface area contributed by atoms with Gasteiger partial charge >= 0.3 is 0 Å². The Morgan fingerprint density at radius 2 is 1.65 bits per heavy atom. The van der Waals surface area contributed by atoms with Crippen molar-refractivity contribution in [2.24, 2.45) is 0 Å². The number of phenolic OH excluding ortho intramolecular Hbond substituents is 1. The van der Waals surface area contributed by atoms with Crippen molar-refractivity contribution in [1.29, 1.82) is 0 Å². The molecule has 43 heavy (non-hydrogen) atoms. The van der Waals surface area contributed by atoms with Crippen LogP contribution in [0.25, 0.3) is 11.1 Å². The molecule has 8 nitrogen and oxygen atoms in total. The standard InChI is InChI=1S/C33H37FN4O4.ClH/c34-28-11-10-24-21-26(28)27-20-22(9-12-29(27)39)13-16-35-30(40)8-4-18-38(19-5-15-37-32(24)41)33(42)31-25(14-17-36-31)23-6-2-1-3-7-23;/h1-3,6-7,9-12,20-21,25,31,36,39H,4-5,8,13-19H2,(H,35,40)(H,37,41);1H/t25-,31+;/m1./s1. The highest BCUT2D eigenvalue weighted by Gasteiger charge is 2.36. The number of carbonyl (C=O) groups excluding carboxylic acids is 3. The van der Waals surface area contributed by atoms with E-state index in [-0.39, 0.29) is 70.9 Å². The molecule has 0 aromatic heterocycles. The molecule has 2 aliphatic rings. The number of nitrogens with one attached hydrogen (secondary N) is 3. The molecule has 1 fully saturated rings. The highest BCUT2D eigenvalue weighted by Crippen LogP contribution is 2.33. The van der Waals surface area contributed by atoms with Crippen LogP contribution in [0.3, 0.4) is 0 Å². The van der Waals surface area contributed by atoms with Crippen LogP contribution in [0.1, 0.15) is 53.1 Å². The second-order valence-corrected chi connectivity index (χ2v) is 10.9. The first-order valence-electron chi connectivity index (χ1n) is 14.6. The maximum Gasteiger partial charge on any atom is 0.251 e. The van der Waals surface area contributed by atoms with Crippen molar-refractivity contribution >= 4 is 30.1 Å². The molecule has 4 bridgehead atoms. The molecule has 0 spiro atoms. The molecule has 0 saturated carbocycles. The van der Waals surface area contributed by atoms with Crippen LogP contribution < -0.4 is 16.0 Å². The van der Waals surface area contributed by atoms with Gasteiger partial charge in [-0.25, -0.2) is 4.39 Å². The Bertz CT molecular complexity index is 1440. The fourth-order valence-corrected chi connectivity index (χ4v) is 5.82. The van der Waals surface area contributed by atoms with E-state index < -0.39 is 5.82 Å². The van der Waals surface area contributed by atoms with E-state index in [4.69, 9.17) is 0 Å². The summed E-state index contributed by atoms with van der Waals surface area (Å²) in [6, 6.07) is 18.7. The Kier molecular flexibility index (Phi) is 11.1. The molecule has 1 saturated heterocycles. The van der Waals surface area contributed by atoms with Gasteiger partial charge in [0.25, 0.3) is 5.91 Å². The van der Waals surface area contributed by atoms with E-state index in [1.165, 1.54) is 24.3 Å². The van der Waals surface area contributed by atoms with Gasteiger partial charge in [0.05, 0.1) is 6.04 Å². The van der Waals surface area contributed by atoms with Crippen LogP contribution in [-0.4, -0.2) is 66.5 Å². The second kappa shape index (κ2) is 15.0. The molecule has 3 amide bonds. The summed E-state index contributed by atoms with van der Waals surface area (Å²) in [7, 11) is 0. The van der Waals surface area contributed by atoms with E-state index in [2.05, 4.69) is 28.1 Å². The smallest absolute Gasteiger partial charge is 0.251 e. The molecule has 228 valence electrons. The lowest BCUT2D eigenvalue weighted by molar-refractivity contribution is -0.134. The summed E-state index contributed by atoms with van der Waals surface area (Å²) in [5.41, 5.74) is 2.62. The van der Waals surface area contributed by atoms with Crippen molar-refractivity contribution in [2.75, 3.05) is 32.7 Å². The molecule has 0 radical (unpaired) electrons. The number of rotatable bonds is 2. The highest BCUT2D eigenvalue weighted by atomic mass is 35.5. The number of phenols is 1. The number of benzene rings is 3. The number of hydrogen-bond acceptors (Lipinski definition) is 5. The van der Waals surface area contributed by atoms with E-state index in [9.17, 15) is 23.9 Å². The molecule has 5 rings (SSSR count). The number of hydrogen-bond donors (Lipinski definition) is 4. The van der Waals surface area contributed by atoms with Crippen molar-refractivity contribution in [2.45, 2.75) is 44.1 Å². The van der Waals surface area contributed by atoms with Crippen LogP contribution >= 0.6 is 12.4 Å². The van der Waals surface area contributed by atoms with Gasteiger partial charge < -0.3 is 26.0 Å². The molecule has 10 heteroatoms. The summed E-state index contributed by atoms with van der Waals surface area (Å²) in [5.74, 6) is -1.04. The van der Waals surface area contributed by atoms with Crippen LogP contribution in [0.2, 0.25) is 0 Å². The first kappa shape index (κ1) is 32.0. The number of amides is 3. The zero-order valence-corrected chi connectivity index (χ0v) is 24.8. The predicted molar refractivity (Wildman–Crippen MR) is 166 cm³/mol. The van der Waals surface area contributed by atoms with Crippen molar-refractivity contribution < 1.29 is 23.9 Å². The third-order valence-electron chi connectivity index (χ3n) is 8.07. The molecule has 0 unspecified atom stereocenters. The Labute approximate surface area is 257 Å². The number of aromatic hydroxyl groups is 1. The molecular weight excluding hydrogens is 571 g/mol. The number of halogens is 2. The summed E-state index contributed by atoms with van der Waals surface area (Å²) >= 11 is 0. The number of fused-ring (bicyclic) bond motifs is 5. The van der Waals surface area contributed by atoms with Crippen LogP contribution in [0.15, 0.2) is 66.7 Å². The van der Waals surface area contributed by atoms with Gasteiger partial charge in [-0.2, -0.15) is 0 Å². The van der Waals surface area contributed by atoms with Gasteiger partial charge in [0.2, 0.25) is 11.8 Å². The fourth-order valence-electron chi connectivity index (χ4n) is 5.82. The molecule has 2 heterocycles. The fraction of sp³-hybridized carbons (Fsp3) is 0.364. The van der Waals surface area contributed by atoms with Gasteiger partial charge in [-0.05, 0) is 73.7 Å². The molecule has 2 atom stereocenters. The van der Waals surface area contributed by atoms with Crippen molar-refractivity contribution in [1.82, 2.24) is 20.9 Å². The first-order valence-corrected chi connectivity index (χ1v) is 14.6. The summed E-state index contributed by atoms with van der Waals surface area (Å²) in [5, 5.41) is 19.6. The normalized spacial score (nSPS) is 20.1. The first-order chi connectivity index (χ1) is 20.4. The minimum absolute atomic E-state index is 0. The Balaban J connectivity index is 0.00000423. The molecule has 2 aliphatic heterocycles.